The number of phenolic OH excluding ortho intramolecular Hbond substituents is 1. The van der Waals surface area contributed by atoms with E-state index in [0.29, 0.717) is 35.2 Å². The summed E-state index contributed by atoms with van der Waals surface area (Å²) in [4.78, 5) is 0. The summed E-state index contributed by atoms with van der Waals surface area (Å²) in [5.41, 5.74) is 1.87. The number of nitrogens with one attached hydrogen (secondary N) is 1. The van der Waals surface area contributed by atoms with Crippen LogP contribution in [-0.4, -0.2) is 49.9 Å². The van der Waals surface area contributed by atoms with Crippen LogP contribution in [0.15, 0.2) is 30.5 Å². The van der Waals surface area contributed by atoms with Crippen molar-refractivity contribution < 1.29 is 14.2 Å². The molecule has 4 atom stereocenters. The molecule has 152 valence electrons. The van der Waals surface area contributed by atoms with Gasteiger partial charge in [-0.1, -0.05) is 23.4 Å². The third kappa shape index (κ3) is 3.28. The maximum atomic E-state index is 14.4. The van der Waals surface area contributed by atoms with Gasteiger partial charge in [0.1, 0.15) is 18.0 Å². The molecule has 29 heavy (non-hydrogen) atoms. The summed E-state index contributed by atoms with van der Waals surface area (Å²) in [7, 11) is 0. The fourth-order valence-corrected chi connectivity index (χ4v) is 5.12. The molecule has 1 saturated carbocycles. The van der Waals surface area contributed by atoms with E-state index < -0.39 is 6.17 Å². The lowest BCUT2D eigenvalue weighted by molar-refractivity contribution is 0.0312. The Hall–Kier alpha value is -2.52. The number of halogens is 1. The van der Waals surface area contributed by atoms with E-state index in [0.717, 1.165) is 11.4 Å². The van der Waals surface area contributed by atoms with Crippen LogP contribution in [0.25, 0.3) is 16.3 Å². The Labute approximate surface area is 171 Å². The molecule has 2 bridgehead atoms. The first-order chi connectivity index (χ1) is 13.9. The normalized spacial score (nSPS) is 28.6. The third-order valence-corrected chi connectivity index (χ3v) is 6.72. The number of hydrogen-bond acceptors (Lipinski definition) is 7. The van der Waals surface area contributed by atoms with Crippen LogP contribution in [0.2, 0.25) is 0 Å². The summed E-state index contributed by atoms with van der Waals surface area (Å²) in [6.07, 6.45) is 2.19. The first-order valence-electron chi connectivity index (χ1n) is 9.65. The van der Waals surface area contributed by atoms with Gasteiger partial charge in [-0.15, -0.1) is 5.10 Å². The molecular weight excluding hydrogens is 393 g/mol. The zero-order valence-corrected chi connectivity index (χ0v) is 17.0. The van der Waals surface area contributed by atoms with E-state index in [-0.39, 0.29) is 23.3 Å². The molecule has 3 heterocycles. The number of hydrogen-bond donors (Lipinski definition) is 2. The lowest BCUT2D eigenvalue weighted by Gasteiger charge is -2.36. The molecule has 1 aliphatic carbocycles. The molecule has 7 nitrogen and oxygen atoms in total. The summed E-state index contributed by atoms with van der Waals surface area (Å²) in [5.74, 6) is 0.103. The van der Waals surface area contributed by atoms with E-state index in [4.69, 9.17) is 4.74 Å². The van der Waals surface area contributed by atoms with E-state index in [1.165, 1.54) is 11.3 Å². The highest BCUT2D eigenvalue weighted by molar-refractivity contribution is 7.16. The number of aromatic hydroxyl groups is 1. The number of fused-ring (bicyclic) bond motifs is 2. The average Bonchev–Trinajstić information content (AvgIpc) is 3.35. The minimum Gasteiger partial charge on any atom is -0.507 e. The van der Waals surface area contributed by atoms with Crippen molar-refractivity contribution in [1.29, 1.82) is 0 Å². The standard InChI is InChI=1S/C20H22FN5O2S/c1-11-5-6-26(25-11)12-3-4-14(16(27)7-12)18-23-24-19(29-18)28-13-8-15-17(21)20(2,9-13)10-22-15/h3-7,13,15,17,22,27H,8-10H2,1-2H3. The van der Waals surface area contributed by atoms with Crippen LogP contribution in [0.3, 0.4) is 0 Å². The van der Waals surface area contributed by atoms with Crippen LogP contribution in [0.5, 0.6) is 10.9 Å². The fraction of sp³-hybridized carbons (Fsp3) is 0.450. The second-order valence-electron chi connectivity index (χ2n) is 8.20. The summed E-state index contributed by atoms with van der Waals surface area (Å²) in [6, 6.07) is 7.06. The number of ether oxygens (including phenoxy) is 1. The molecule has 0 spiro atoms. The van der Waals surface area contributed by atoms with Gasteiger partial charge in [-0.25, -0.2) is 9.07 Å². The van der Waals surface area contributed by atoms with E-state index in [1.54, 1.807) is 16.8 Å². The Bertz CT molecular complexity index is 1050. The number of benzene rings is 1. The van der Waals surface area contributed by atoms with Crippen LogP contribution < -0.4 is 10.1 Å². The molecular formula is C20H22FN5O2S. The van der Waals surface area contributed by atoms with Crippen LogP contribution in [0.1, 0.15) is 25.5 Å². The minimum atomic E-state index is -0.832. The van der Waals surface area contributed by atoms with Gasteiger partial charge >= 0.3 is 0 Å². The van der Waals surface area contributed by atoms with Crippen LogP contribution in [0.4, 0.5) is 4.39 Å². The number of aryl methyl sites for hydroxylation is 1. The number of nitrogens with zero attached hydrogens (tertiary/aromatic N) is 4. The van der Waals surface area contributed by atoms with E-state index in [2.05, 4.69) is 20.6 Å². The van der Waals surface area contributed by atoms with Gasteiger partial charge in [0.25, 0.3) is 5.19 Å². The predicted octanol–water partition coefficient (Wildman–Crippen LogP) is 3.26. The highest BCUT2D eigenvalue weighted by Gasteiger charge is 2.52. The zero-order valence-electron chi connectivity index (χ0n) is 16.2. The first-order valence-corrected chi connectivity index (χ1v) is 10.5. The van der Waals surface area contributed by atoms with E-state index >= 15 is 0 Å². The van der Waals surface area contributed by atoms with Gasteiger partial charge in [0.2, 0.25) is 0 Å². The van der Waals surface area contributed by atoms with Crippen molar-refractivity contribution in [3.05, 3.63) is 36.2 Å². The Morgan fingerprint density at radius 3 is 2.93 bits per heavy atom. The van der Waals surface area contributed by atoms with Crippen molar-refractivity contribution in [2.75, 3.05) is 6.54 Å². The quantitative estimate of drug-likeness (QED) is 0.680. The Kier molecular flexibility index (Phi) is 4.32. The summed E-state index contributed by atoms with van der Waals surface area (Å²) in [5, 5.41) is 27.4. The highest BCUT2D eigenvalue weighted by atomic mass is 32.1. The topological polar surface area (TPSA) is 85.1 Å². The molecule has 3 aromatic rings. The Morgan fingerprint density at radius 2 is 2.21 bits per heavy atom. The molecule has 5 rings (SSSR count). The number of aromatic nitrogens is 4. The largest absolute Gasteiger partial charge is 0.507 e. The lowest BCUT2D eigenvalue weighted by Crippen LogP contribution is -2.44. The molecule has 9 heteroatoms. The third-order valence-electron chi connectivity index (χ3n) is 5.87. The molecule has 4 unspecified atom stereocenters. The number of alkyl halides is 1. The molecule has 1 aliphatic heterocycles. The molecule has 2 N–H and O–H groups in total. The molecule has 0 radical (unpaired) electrons. The van der Waals surface area contributed by atoms with Crippen LogP contribution in [0, 0.1) is 12.3 Å². The van der Waals surface area contributed by atoms with Gasteiger partial charge in [0.15, 0.2) is 5.01 Å². The zero-order chi connectivity index (χ0) is 20.2. The summed E-state index contributed by atoms with van der Waals surface area (Å²) in [6.45, 7) is 4.55. The Morgan fingerprint density at radius 1 is 1.34 bits per heavy atom. The van der Waals surface area contributed by atoms with E-state index in [9.17, 15) is 9.50 Å². The lowest BCUT2D eigenvalue weighted by atomic mass is 9.74. The maximum absolute atomic E-state index is 14.4. The molecule has 2 fully saturated rings. The molecule has 0 amide bonds. The van der Waals surface area contributed by atoms with Gasteiger partial charge in [-0.05, 0) is 31.5 Å². The fourth-order valence-electron chi connectivity index (χ4n) is 4.33. The number of rotatable bonds is 4. The Balaban J connectivity index is 1.33. The number of phenols is 1. The second kappa shape index (κ2) is 6.77. The van der Waals surface area contributed by atoms with Gasteiger partial charge in [0, 0.05) is 36.7 Å². The molecule has 1 aromatic carbocycles. The van der Waals surface area contributed by atoms with Gasteiger partial charge in [-0.3, -0.25) is 0 Å². The molecule has 1 saturated heterocycles. The average molecular weight is 415 g/mol. The SMILES string of the molecule is Cc1ccn(-c2ccc(-c3nnc(OC4CC5NCC(C)(C4)C5F)s3)c(O)c2)n1. The van der Waals surface area contributed by atoms with Gasteiger partial charge in [0.05, 0.1) is 16.9 Å². The second-order valence-corrected chi connectivity index (χ2v) is 9.14. The van der Waals surface area contributed by atoms with Crippen molar-refractivity contribution >= 4 is 11.3 Å². The highest BCUT2D eigenvalue weighted by Crippen LogP contribution is 2.44. The molecule has 2 aromatic heterocycles. The van der Waals surface area contributed by atoms with Crippen LogP contribution >= 0.6 is 11.3 Å². The predicted molar refractivity (Wildman–Crippen MR) is 107 cm³/mol. The molecule has 2 aliphatic rings. The van der Waals surface area contributed by atoms with Crippen LogP contribution in [-0.2, 0) is 0 Å². The van der Waals surface area contributed by atoms with Crippen molar-refractivity contribution in [3.63, 3.8) is 0 Å². The van der Waals surface area contributed by atoms with Crippen molar-refractivity contribution in [2.45, 2.75) is 45.0 Å². The monoisotopic (exact) mass is 415 g/mol. The minimum absolute atomic E-state index is 0.0909. The smallest absolute Gasteiger partial charge is 0.294 e. The van der Waals surface area contributed by atoms with Gasteiger partial charge < -0.3 is 15.2 Å². The summed E-state index contributed by atoms with van der Waals surface area (Å²) >= 11 is 1.28. The van der Waals surface area contributed by atoms with Gasteiger partial charge in [-0.2, -0.15) is 5.10 Å². The summed E-state index contributed by atoms with van der Waals surface area (Å²) < 4.78 is 22.1. The van der Waals surface area contributed by atoms with Crippen molar-refractivity contribution in [3.8, 4) is 27.2 Å². The maximum Gasteiger partial charge on any atom is 0.294 e. The van der Waals surface area contributed by atoms with Crippen molar-refractivity contribution in [1.82, 2.24) is 25.3 Å². The van der Waals surface area contributed by atoms with E-state index in [1.807, 2.05) is 32.2 Å². The first kappa shape index (κ1) is 18.5. The van der Waals surface area contributed by atoms with Crippen molar-refractivity contribution in [2.24, 2.45) is 5.41 Å².